The van der Waals surface area contributed by atoms with Crippen LogP contribution in [0.5, 0.6) is 0 Å². The zero-order valence-electron chi connectivity index (χ0n) is 16.6. The molecule has 1 aliphatic rings. The van der Waals surface area contributed by atoms with Crippen molar-refractivity contribution in [2.45, 2.75) is 17.7 Å². The fraction of sp³-hybridized carbons (Fsp3) is 0.333. The first kappa shape index (κ1) is 20.5. The van der Waals surface area contributed by atoms with Crippen molar-refractivity contribution >= 4 is 42.5 Å². The molecule has 0 bridgehead atoms. The monoisotopic (exact) mass is 460 g/mol. The molecule has 2 aromatic carbocycles. The van der Waals surface area contributed by atoms with E-state index in [2.05, 4.69) is 19.8 Å². The summed E-state index contributed by atoms with van der Waals surface area (Å²) in [6.45, 7) is 3.03. The van der Waals surface area contributed by atoms with Crippen molar-refractivity contribution in [3.8, 4) is 0 Å². The Hall–Kier alpha value is -2.40. The highest BCUT2D eigenvalue weighted by Gasteiger charge is 2.28. The number of aryl methyl sites for hydroxylation is 1. The molecule has 4 aromatic rings. The number of fused-ring (bicyclic) bond motifs is 2. The zero-order chi connectivity index (χ0) is 21.4. The number of nitrogens with one attached hydrogen (secondary N) is 1. The number of aromatic nitrogens is 2. The molecule has 0 saturated carbocycles. The summed E-state index contributed by atoms with van der Waals surface area (Å²) in [5.74, 6) is -0.0408. The summed E-state index contributed by atoms with van der Waals surface area (Å²) < 4.78 is 47.4. The van der Waals surface area contributed by atoms with Crippen molar-refractivity contribution in [1.82, 2.24) is 19.8 Å². The van der Waals surface area contributed by atoms with Crippen LogP contribution in [0, 0.1) is 11.7 Å². The molecule has 0 aliphatic carbocycles. The quantitative estimate of drug-likeness (QED) is 0.434. The van der Waals surface area contributed by atoms with Gasteiger partial charge in [-0.2, -0.15) is 0 Å². The fourth-order valence-corrected chi connectivity index (χ4v) is 6.04. The average molecular weight is 461 g/mol. The van der Waals surface area contributed by atoms with Gasteiger partial charge in [-0.1, -0.05) is 11.2 Å². The maximum Gasteiger partial charge on any atom is 0.242 e. The van der Waals surface area contributed by atoms with Gasteiger partial charge in [0.15, 0.2) is 5.58 Å². The van der Waals surface area contributed by atoms with E-state index >= 15 is 0 Å². The van der Waals surface area contributed by atoms with Gasteiger partial charge in [0.25, 0.3) is 0 Å². The van der Waals surface area contributed by atoms with Gasteiger partial charge in [-0.3, -0.25) is 0 Å². The number of rotatable bonds is 8. The smallest absolute Gasteiger partial charge is 0.242 e. The van der Waals surface area contributed by atoms with E-state index in [0.717, 1.165) is 48.3 Å². The standard InChI is InChI=1S/C21H21FN4O3S2/c22-15-6-7-16-17(25-29-18(16)9-15)3-2-8-26-11-14(12-26)10-24-31(27,28)20-5-1-4-19-21(20)23-13-30-19/h1,4-7,9,13-14,24H,2-3,8,10-12H2. The normalized spacial score (nSPS) is 15.6. The minimum absolute atomic E-state index is 0.238. The van der Waals surface area contributed by atoms with E-state index in [0.29, 0.717) is 23.6 Å². The molecule has 5 rings (SSSR count). The summed E-state index contributed by atoms with van der Waals surface area (Å²) in [6.07, 6.45) is 1.66. The van der Waals surface area contributed by atoms with Crippen molar-refractivity contribution in [3.63, 3.8) is 0 Å². The molecule has 7 nitrogen and oxygen atoms in total. The SMILES string of the molecule is O=S(=O)(NCC1CN(CCCc2noc3cc(F)ccc23)C1)c1cccc2scnc12. The van der Waals surface area contributed by atoms with Crippen LogP contribution in [0.15, 0.2) is 51.3 Å². The Labute approximate surface area is 182 Å². The molecular formula is C21H21FN4O3S2. The number of thiazole rings is 1. The fourth-order valence-electron chi connectivity index (χ4n) is 3.99. The van der Waals surface area contributed by atoms with Gasteiger partial charge in [0.1, 0.15) is 16.2 Å². The first-order valence-corrected chi connectivity index (χ1v) is 12.4. The van der Waals surface area contributed by atoms with E-state index in [1.54, 1.807) is 23.7 Å². The lowest BCUT2D eigenvalue weighted by Gasteiger charge is -2.39. The molecule has 10 heteroatoms. The third kappa shape index (κ3) is 4.20. The minimum Gasteiger partial charge on any atom is -0.356 e. The van der Waals surface area contributed by atoms with Crippen LogP contribution in [0.2, 0.25) is 0 Å². The van der Waals surface area contributed by atoms with Crippen LogP contribution in [0.25, 0.3) is 21.2 Å². The molecule has 1 saturated heterocycles. The molecule has 0 unspecified atom stereocenters. The second kappa shape index (κ2) is 8.27. The summed E-state index contributed by atoms with van der Waals surface area (Å²) in [7, 11) is -3.59. The lowest BCUT2D eigenvalue weighted by Crippen LogP contribution is -2.51. The van der Waals surface area contributed by atoms with E-state index in [1.807, 2.05) is 6.07 Å². The number of likely N-dealkylation sites (tertiary alicyclic amines) is 1. The number of halogens is 1. The van der Waals surface area contributed by atoms with Crippen LogP contribution in [0.1, 0.15) is 12.1 Å². The van der Waals surface area contributed by atoms with E-state index in [1.165, 1.54) is 23.5 Å². The Morgan fingerprint density at radius 2 is 2.13 bits per heavy atom. The molecular weight excluding hydrogens is 439 g/mol. The van der Waals surface area contributed by atoms with Crippen LogP contribution < -0.4 is 4.72 Å². The van der Waals surface area contributed by atoms with Gasteiger partial charge in [0.05, 0.1) is 15.9 Å². The summed E-state index contributed by atoms with van der Waals surface area (Å²) >= 11 is 1.43. The summed E-state index contributed by atoms with van der Waals surface area (Å²) in [5.41, 5.74) is 3.50. The Morgan fingerprint density at radius 3 is 3.00 bits per heavy atom. The topological polar surface area (TPSA) is 88.3 Å². The molecule has 1 aliphatic heterocycles. The Kier molecular flexibility index (Phi) is 5.47. The zero-order valence-corrected chi connectivity index (χ0v) is 18.3. The van der Waals surface area contributed by atoms with Gasteiger partial charge in [-0.25, -0.2) is 22.5 Å². The Morgan fingerprint density at radius 1 is 1.26 bits per heavy atom. The van der Waals surface area contributed by atoms with Crippen molar-refractivity contribution < 1.29 is 17.3 Å². The minimum atomic E-state index is -3.59. The van der Waals surface area contributed by atoms with Crippen LogP contribution >= 0.6 is 11.3 Å². The van der Waals surface area contributed by atoms with Crippen LogP contribution in [0.3, 0.4) is 0 Å². The molecule has 1 N–H and O–H groups in total. The first-order valence-electron chi connectivity index (χ1n) is 10.1. The van der Waals surface area contributed by atoms with E-state index in [4.69, 9.17) is 4.52 Å². The molecule has 1 fully saturated rings. The van der Waals surface area contributed by atoms with Gasteiger partial charge in [0.2, 0.25) is 10.0 Å². The van der Waals surface area contributed by atoms with Crippen molar-refractivity contribution in [2.75, 3.05) is 26.2 Å². The predicted molar refractivity (Wildman–Crippen MR) is 117 cm³/mol. The Bertz CT molecular complexity index is 1330. The highest BCUT2D eigenvalue weighted by atomic mass is 32.2. The van der Waals surface area contributed by atoms with Crippen molar-refractivity contribution in [1.29, 1.82) is 0 Å². The van der Waals surface area contributed by atoms with Gasteiger partial charge >= 0.3 is 0 Å². The summed E-state index contributed by atoms with van der Waals surface area (Å²) in [6, 6.07) is 9.68. The average Bonchev–Trinajstić information content (AvgIpc) is 3.35. The van der Waals surface area contributed by atoms with E-state index in [9.17, 15) is 12.8 Å². The number of sulfonamides is 1. The maximum absolute atomic E-state index is 13.2. The van der Waals surface area contributed by atoms with Gasteiger partial charge < -0.3 is 9.42 Å². The number of nitrogens with zero attached hydrogens (tertiary/aromatic N) is 3. The van der Waals surface area contributed by atoms with Crippen molar-refractivity contribution in [3.05, 3.63) is 53.4 Å². The second-order valence-electron chi connectivity index (χ2n) is 7.81. The van der Waals surface area contributed by atoms with Gasteiger partial charge in [-0.05, 0) is 49.6 Å². The summed E-state index contributed by atoms with van der Waals surface area (Å²) in [4.78, 5) is 6.73. The predicted octanol–water partition coefficient (Wildman–Crippen LogP) is 3.42. The third-order valence-corrected chi connectivity index (χ3v) is 7.85. The molecule has 0 spiro atoms. The molecule has 0 radical (unpaired) electrons. The van der Waals surface area contributed by atoms with Gasteiger partial charge in [-0.15, -0.1) is 11.3 Å². The van der Waals surface area contributed by atoms with Crippen LogP contribution in [-0.4, -0.2) is 49.6 Å². The highest BCUT2D eigenvalue weighted by Crippen LogP contribution is 2.25. The molecule has 2 aromatic heterocycles. The van der Waals surface area contributed by atoms with E-state index in [-0.39, 0.29) is 10.7 Å². The Balaban J connectivity index is 1.09. The molecule has 3 heterocycles. The lowest BCUT2D eigenvalue weighted by molar-refractivity contribution is 0.102. The number of hydrogen-bond donors (Lipinski definition) is 1. The highest BCUT2D eigenvalue weighted by molar-refractivity contribution is 7.89. The molecule has 0 amide bonds. The van der Waals surface area contributed by atoms with Crippen molar-refractivity contribution in [2.24, 2.45) is 5.92 Å². The summed E-state index contributed by atoms with van der Waals surface area (Å²) in [5, 5.41) is 4.91. The third-order valence-electron chi connectivity index (χ3n) is 5.60. The molecule has 0 atom stereocenters. The molecule has 31 heavy (non-hydrogen) atoms. The lowest BCUT2D eigenvalue weighted by atomic mass is 10.00. The van der Waals surface area contributed by atoms with Crippen LogP contribution in [0.4, 0.5) is 4.39 Å². The first-order chi connectivity index (χ1) is 15.0. The number of benzene rings is 2. The maximum atomic E-state index is 13.2. The van der Waals surface area contributed by atoms with Crippen LogP contribution in [-0.2, 0) is 16.4 Å². The molecule has 162 valence electrons. The van der Waals surface area contributed by atoms with Gasteiger partial charge in [0, 0.05) is 31.1 Å². The largest absolute Gasteiger partial charge is 0.356 e. The second-order valence-corrected chi connectivity index (χ2v) is 10.4. The number of para-hydroxylation sites is 1. The number of hydrogen-bond acceptors (Lipinski definition) is 7. The van der Waals surface area contributed by atoms with E-state index < -0.39 is 10.0 Å².